The van der Waals surface area contributed by atoms with Crippen LogP contribution in [0.1, 0.15) is 5.56 Å². The van der Waals surface area contributed by atoms with Gasteiger partial charge in [0.25, 0.3) is 0 Å². The number of halogens is 2. The number of aromatic nitrogens is 1. The van der Waals surface area contributed by atoms with E-state index in [-0.39, 0.29) is 10.7 Å². The van der Waals surface area contributed by atoms with Gasteiger partial charge in [-0.1, -0.05) is 35.9 Å². The number of nitrogens with zero attached hydrogens (tertiary/aromatic N) is 1. The fourth-order valence-electron chi connectivity index (χ4n) is 2.62. The van der Waals surface area contributed by atoms with Gasteiger partial charge in [-0.3, -0.25) is 4.72 Å². The van der Waals surface area contributed by atoms with Gasteiger partial charge in [-0.25, -0.2) is 17.8 Å². The lowest BCUT2D eigenvalue weighted by molar-refractivity contribution is 0.607. The van der Waals surface area contributed by atoms with Gasteiger partial charge in [-0.2, -0.15) is 0 Å². The highest BCUT2D eigenvalue weighted by Gasteiger charge is 2.08. The summed E-state index contributed by atoms with van der Waals surface area (Å²) < 4.78 is 38.7. The maximum atomic E-state index is 13.9. The first-order chi connectivity index (χ1) is 12.3. The van der Waals surface area contributed by atoms with Crippen molar-refractivity contribution in [3.63, 3.8) is 0 Å². The van der Waals surface area contributed by atoms with E-state index >= 15 is 0 Å². The molecule has 0 bridgehead atoms. The minimum atomic E-state index is -3.28. The Morgan fingerprint density at radius 1 is 1.15 bits per heavy atom. The number of pyridine rings is 1. The Labute approximate surface area is 156 Å². The number of benzene rings is 2. The van der Waals surface area contributed by atoms with Crippen molar-refractivity contribution in [1.82, 2.24) is 4.98 Å². The zero-order valence-electron chi connectivity index (χ0n) is 14.0. The van der Waals surface area contributed by atoms with Gasteiger partial charge in [0.2, 0.25) is 10.0 Å². The van der Waals surface area contributed by atoms with Crippen LogP contribution in [-0.2, 0) is 16.4 Å². The minimum absolute atomic E-state index is 0.223. The van der Waals surface area contributed by atoms with Gasteiger partial charge in [-0.05, 0) is 36.2 Å². The van der Waals surface area contributed by atoms with Gasteiger partial charge in [0.15, 0.2) is 0 Å². The summed E-state index contributed by atoms with van der Waals surface area (Å²) in [5.41, 5.74) is 2.51. The third-order valence-corrected chi connectivity index (χ3v) is 4.55. The third-order valence-electron chi connectivity index (χ3n) is 3.75. The van der Waals surface area contributed by atoms with Crippen LogP contribution < -0.4 is 10.0 Å². The average Bonchev–Trinajstić information content (AvgIpc) is 2.56. The number of sulfonamides is 1. The summed E-state index contributed by atoms with van der Waals surface area (Å²) >= 11 is 5.99. The summed E-state index contributed by atoms with van der Waals surface area (Å²) in [5, 5.41) is 4.15. The van der Waals surface area contributed by atoms with Crippen molar-refractivity contribution >= 4 is 43.9 Å². The number of nitrogens with one attached hydrogen (secondary N) is 2. The Hall–Kier alpha value is -2.38. The smallest absolute Gasteiger partial charge is 0.229 e. The minimum Gasteiger partial charge on any atom is -0.384 e. The molecule has 2 N–H and O–H groups in total. The largest absolute Gasteiger partial charge is 0.384 e. The van der Waals surface area contributed by atoms with Gasteiger partial charge in [0.1, 0.15) is 16.5 Å². The van der Waals surface area contributed by atoms with E-state index in [1.54, 1.807) is 30.3 Å². The summed E-state index contributed by atoms with van der Waals surface area (Å²) in [6, 6.07) is 13.6. The zero-order chi connectivity index (χ0) is 18.7. The molecule has 0 aliphatic carbocycles. The van der Waals surface area contributed by atoms with E-state index in [0.717, 1.165) is 17.5 Å². The van der Waals surface area contributed by atoms with Gasteiger partial charge in [0, 0.05) is 23.3 Å². The second-order valence-electron chi connectivity index (χ2n) is 5.88. The molecule has 5 nitrogen and oxygen atoms in total. The molecule has 0 amide bonds. The molecule has 8 heteroatoms. The maximum absolute atomic E-state index is 13.9. The van der Waals surface area contributed by atoms with E-state index in [2.05, 4.69) is 15.0 Å². The van der Waals surface area contributed by atoms with Crippen LogP contribution in [0.4, 0.5) is 15.8 Å². The molecule has 0 spiro atoms. The molecule has 0 unspecified atom stereocenters. The molecule has 0 atom stereocenters. The second kappa shape index (κ2) is 7.47. The van der Waals surface area contributed by atoms with Gasteiger partial charge in [0.05, 0.1) is 6.26 Å². The highest BCUT2D eigenvalue weighted by atomic mass is 35.5. The van der Waals surface area contributed by atoms with E-state index in [9.17, 15) is 12.8 Å². The normalized spacial score (nSPS) is 11.5. The predicted octanol–water partition coefficient (Wildman–Crippen LogP) is 4.05. The maximum Gasteiger partial charge on any atom is 0.229 e. The van der Waals surface area contributed by atoms with Crippen molar-refractivity contribution in [2.75, 3.05) is 22.8 Å². The molecular formula is C18H17ClFN3O2S. The molecule has 2 aromatic carbocycles. The lowest BCUT2D eigenvalue weighted by atomic mass is 10.1. The van der Waals surface area contributed by atoms with Crippen molar-refractivity contribution in [2.45, 2.75) is 6.42 Å². The number of anilines is 2. The summed E-state index contributed by atoms with van der Waals surface area (Å²) in [7, 11) is -3.28. The van der Waals surface area contributed by atoms with Crippen molar-refractivity contribution in [3.05, 3.63) is 65.1 Å². The number of rotatable bonds is 6. The predicted molar refractivity (Wildman–Crippen MR) is 104 cm³/mol. The van der Waals surface area contributed by atoms with Crippen LogP contribution in [0.3, 0.4) is 0 Å². The first-order valence-corrected chi connectivity index (χ1v) is 10.1. The first kappa shape index (κ1) is 18.4. The van der Waals surface area contributed by atoms with Crippen LogP contribution >= 0.6 is 11.6 Å². The molecule has 3 rings (SSSR count). The Kier molecular flexibility index (Phi) is 5.29. The topological polar surface area (TPSA) is 71.1 Å². The molecule has 0 saturated carbocycles. The number of hydrogen-bond acceptors (Lipinski definition) is 4. The quantitative estimate of drug-likeness (QED) is 0.620. The Morgan fingerprint density at radius 3 is 2.58 bits per heavy atom. The Morgan fingerprint density at radius 2 is 1.88 bits per heavy atom. The highest BCUT2D eigenvalue weighted by Crippen LogP contribution is 2.27. The number of para-hydroxylation sites is 1. The van der Waals surface area contributed by atoms with Crippen LogP contribution in [0, 0.1) is 5.82 Å². The third kappa shape index (κ3) is 4.62. The van der Waals surface area contributed by atoms with Crippen LogP contribution in [0.2, 0.25) is 5.15 Å². The monoisotopic (exact) mass is 393 g/mol. The Bertz CT molecular complexity index is 1040. The summed E-state index contributed by atoms with van der Waals surface area (Å²) in [6.07, 6.45) is 1.81. The standard InChI is InChI=1S/C18H17ClFN3O2S/c1-26(24,25)23-13-7-5-12(6-8-13)9-10-21-16-11-17(19)22-18-14(16)3-2-4-15(18)20/h2-8,11,23H,9-10H2,1H3,(H,21,22). The first-order valence-electron chi connectivity index (χ1n) is 7.87. The molecule has 136 valence electrons. The SMILES string of the molecule is CS(=O)(=O)Nc1ccc(CCNc2cc(Cl)nc3c(F)cccc23)cc1. The van der Waals surface area contributed by atoms with Crippen LogP contribution in [-0.4, -0.2) is 26.2 Å². The highest BCUT2D eigenvalue weighted by molar-refractivity contribution is 7.92. The lowest BCUT2D eigenvalue weighted by Gasteiger charge is -2.11. The summed E-state index contributed by atoms with van der Waals surface area (Å²) in [4.78, 5) is 4.04. The van der Waals surface area contributed by atoms with E-state index in [1.807, 2.05) is 12.1 Å². The molecule has 3 aromatic rings. The fourth-order valence-corrected chi connectivity index (χ4v) is 3.38. The van der Waals surface area contributed by atoms with Crippen LogP contribution in [0.25, 0.3) is 10.9 Å². The molecule has 1 aromatic heterocycles. The molecule has 0 radical (unpaired) electrons. The molecule has 0 fully saturated rings. The van der Waals surface area contributed by atoms with Crippen LogP contribution in [0.15, 0.2) is 48.5 Å². The van der Waals surface area contributed by atoms with Crippen molar-refractivity contribution in [1.29, 1.82) is 0 Å². The van der Waals surface area contributed by atoms with Crippen LogP contribution in [0.5, 0.6) is 0 Å². The molecule has 0 aliphatic heterocycles. The van der Waals surface area contributed by atoms with Crippen molar-refractivity contribution < 1.29 is 12.8 Å². The molecule has 1 heterocycles. The van der Waals surface area contributed by atoms with E-state index < -0.39 is 15.8 Å². The number of fused-ring (bicyclic) bond motifs is 1. The molecule has 0 saturated heterocycles. The summed E-state index contributed by atoms with van der Waals surface area (Å²) in [6.45, 7) is 0.602. The molecule has 26 heavy (non-hydrogen) atoms. The summed E-state index contributed by atoms with van der Waals surface area (Å²) in [5.74, 6) is -0.415. The van der Waals surface area contributed by atoms with Gasteiger partial charge in [-0.15, -0.1) is 0 Å². The van der Waals surface area contributed by atoms with E-state index in [1.165, 1.54) is 6.07 Å². The molecular weight excluding hydrogens is 377 g/mol. The molecule has 0 aliphatic rings. The second-order valence-corrected chi connectivity index (χ2v) is 8.01. The van der Waals surface area contributed by atoms with Gasteiger partial charge < -0.3 is 5.32 Å². The van der Waals surface area contributed by atoms with E-state index in [0.29, 0.717) is 24.0 Å². The zero-order valence-corrected chi connectivity index (χ0v) is 15.5. The van der Waals surface area contributed by atoms with E-state index in [4.69, 9.17) is 11.6 Å². The Balaban J connectivity index is 1.69. The van der Waals surface area contributed by atoms with Gasteiger partial charge >= 0.3 is 0 Å². The van der Waals surface area contributed by atoms with Crippen molar-refractivity contribution in [2.24, 2.45) is 0 Å². The lowest BCUT2D eigenvalue weighted by Crippen LogP contribution is -2.09. The number of hydrogen-bond donors (Lipinski definition) is 2. The average molecular weight is 394 g/mol. The fraction of sp³-hybridized carbons (Fsp3) is 0.167. The van der Waals surface area contributed by atoms with Crippen molar-refractivity contribution in [3.8, 4) is 0 Å².